The van der Waals surface area contributed by atoms with E-state index in [0.29, 0.717) is 23.5 Å². The van der Waals surface area contributed by atoms with E-state index < -0.39 is 5.91 Å². The first kappa shape index (κ1) is 17.0. The van der Waals surface area contributed by atoms with Gasteiger partial charge < -0.3 is 4.74 Å². The number of rotatable bonds is 5. The summed E-state index contributed by atoms with van der Waals surface area (Å²) in [6.07, 6.45) is 1.64. The second-order valence-corrected chi connectivity index (χ2v) is 5.79. The van der Waals surface area contributed by atoms with Gasteiger partial charge in [0.15, 0.2) is 0 Å². The minimum absolute atomic E-state index is 0.372. The monoisotopic (exact) mass is 422 g/mol. The molecule has 2 N–H and O–H groups in total. The van der Waals surface area contributed by atoms with Crippen LogP contribution in [0, 0.1) is 3.57 Å². The van der Waals surface area contributed by atoms with Crippen molar-refractivity contribution in [1.29, 1.82) is 0 Å². The van der Waals surface area contributed by atoms with Crippen LogP contribution >= 0.6 is 22.6 Å². The summed E-state index contributed by atoms with van der Waals surface area (Å²) in [5, 5.41) is 0. The molecule has 0 heterocycles. The third kappa shape index (κ3) is 5.10. The number of hydrogen-bond acceptors (Lipinski definition) is 3. The first-order valence-corrected chi connectivity index (χ1v) is 7.88. The highest BCUT2D eigenvalue weighted by atomic mass is 127. The minimum atomic E-state index is -0.403. The lowest BCUT2D eigenvalue weighted by molar-refractivity contribution is 0.0846. The Kier molecular flexibility index (Phi) is 6.16. The van der Waals surface area contributed by atoms with Crippen molar-refractivity contribution in [2.24, 2.45) is 0 Å². The summed E-state index contributed by atoms with van der Waals surface area (Å²) in [5.41, 5.74) is 5.66. The van der Waals surface area contributed by atoms with Gasteiger partial charge in [0.05, 0.1) is 0 Å². The van der Waals surface area contributed by atoms with Gasteiger partial charge in [0.1, 0.15) is 12.4 Å². The van der Waals surface area contributed by atoms with Gasteiger partial charge in [-0.15, -0.1) is 0 Å². The fourth-order valence-electron chi connectivity index (χ4n) is 1.75. The molecule has 0 spiro atoms. The van der Waals surface area contributed by atoms with Gasteiger partial charge in [-0.1, -0.05) is 18.7 Å². The number of benzene rings is 2. The molecule has 0 saturated heterocycles. The van der Waals surface area contributed by atoms with Gasteiger partial charge in [0.2, 0.25) is 0 Å². The Morgan fingerprint density at radius 1 is 1.04 bits per heavy atom. The van der Waals surface area contributed by atoms with Gasteiger partial charge in [-0.2, -0.15) is 0 Å². The molecule has 0 aliphatic rings. The van der Waals surface area contributed by atoms with Crippen LogP contribution in [-0.4, -0.2) is 18.4 Å². The van der Waals surface area contributed by atoms with E-state index in [2.05, 4.69) is 40.0 Å². The normalized spacial score (nSPS) is 9.78. The quantitative estimate of drug-likeness (QED) is 0.443. The first-order valence-electron chi connectivity index (χ1n) is 6.80. The number of hydrogen-bond donors (Lipinski definition) is 2. The van der Waals surface area contributed by atoms with Crippen LogP contribution in [-0.2, 0) is 0 Å². The topological polar surface area (TPSA) is 67.4 Å². The minimum Gasteiger partial charge on any atom is -0.490 e. The molecule has 0 atom stereocenters. The van der Waals surface area contributed by atoms with Crippen molar-refractivity contribution in [3.05, 3.63) is 75.9 Å². The zero-order valence-electron chi connectivity index (χ0n) is 12.2. The van der Waals surface area contributed by atoms with Gasteiger partial charge in [0.25, 0.3) is 11.8 Å². The van der Waals surface area contributed by atoms with E-state index in [4.69, 9.17) is 4.74 Å². The summed E-state index contributed by atoms with van der Waals surface area (Å²) < 4.78 is 6.28. The van der Waals surface area contributed by atoms with E-state index in [1.54, 1.807) is 48.5 Å². The number of nitrogens with one attached hydrogen (secondary N) is 2. The second kappa shape index (κ2) is 8.33. The molecule has 0 saturated carbocycles. The maximum Gasteiger partial charge on any atom is 0.269 e. The number of carbonyl (C=O) groups excluding carboxylic acids is 2. The Bertz CT molecular complexity index is 714. The van der Waals surface area contributed by atoms with E-state index in [0.717, 1.165) is 3.57 Å². The molecular formula is C17H15IN2O3. The molecule has 0 aromatic heterocycles. The predicted octanol–water partition coefficient (Wildman–Crippen LogP) is 2.93. The zero-order chi connectivity index (χ0) is 16.7. The lowest BCUT2D eigenvalue weighted by Gasteiger charge is -2.08. The first-order chi connectivity index (χ1) is 11.1. The largest absolute Gasteiger partial charge is 0.490 e. The van der Waals surface area contributed by atoms with Crippen LogP contribution < -0.4 is 15.6 Å². The van der Waals surface area contributed by atoms with Crippen LogP contribution in [0.1, 0.15) is 20.7 Å². The maximum absolute atomic E-state index is 12.0. The molecule has 0 fully saturated rings. The van der Waals surface area contributed by atoms with Gasteiger partial charge in [0, 0.05) is 14.7 Å². The number of halogens is 1. The standard InChI is InChI=1S/C17H15IN2O3/c1-2-10-23-15-8-6-12(7-9-15)16(21)19-20-17(22)13-4-3-5-14(18)11-13/h2-9,11H,1,10H2,(H,19,21)(H,20,22). The molecule has 6 heteroatoms. The zero-order valence-corrected chi connectivity index (χ0v) is 14.4. The summed E-state index contributed by atoms with van der Waals surface area (Å²) >= 11 is 2.12. The lowest BCUT2D eigenvalue weighted by Crippen LogP contribution is -2.41. The van der Waals surface area contributed by atoms with Gasteiger partial charge >= 0.3 is 0 Å². The summed E-state index contributed by atoms with van der Waals surface area (Å²) in [7, 11) is 0. The molecule has 0 aliphatic carbocycles. The highest BCUT2D eigenvalue weighted by Crippen LogP contribution is 2.12. The Labute approximate surface area is 147 Å². The third-order valence-corrected chi connectivity index (χ3v) is 3.53. The molecule has 2 aromatic rings. The van der Waals surface area contributed by atoms with Crippen molar-refractivity contribution in [2.75, 3.05) is 6.61 Å². The van der Waals surface area contributed by atoms with Crippen molar-refractivity contribution >= 4 is 34.4 Å². The van der Waals surface area contributed by atoms with Gasteiger partial charge in [-0.05, 0) is 65.1 Å². The average molecular weight is 422 g/mol. The molecule has 5 nitrogen and oxygen atoms in total. The molecule has 0 bridgehead atoms. The highest BCUT2D eigenvalue weighted by Gasteiger charge is 2.09. The van der Waals surface area contributed by atoms with Crippen molar-refractivity contribution in [3.63, 3.8) is 0 Å². The lowest BCUT2D eigenvalue weighted by atomic mass is 10.2. The number of amides is 2. The maximum atomic E-state index is 12.0. The Balaban J connectivity index is 1.91. The second-order valence-electron chi connectivity index (χ2n) is 4.54. The molecule has 2 rings (SSSR count). The van der Waals surface area contributed by atoms with Gasteiger partial charge in [-0.25, -0.2) is 0 Å². The van der Waals surface area contributed by atoms with E-state index in [1.807, 2.05) is 6.07 Å². The van der Waals surface area contributed by atoms with Crippen LogP contribution in [0.2, 0.25) is 0 Å². The Hall–Kier alpha value is -2.35. The fraction of sp³-hybridized carbons (Fsp3) is 0.0588. The molecule has 23 heavy (non-hydrogen) atoms. The predicted molar refractivity (Wildman–Crippen MR) is 96.2 cm³/mol. The molecule has 0 aliphatic heterocycles. The summed E-state index contributed by atoms with van der Waals surface area (Å²) in [6, 6.07) is 13.7. The van der Waals surface area contributed by atoms with E-state index >= 15 is 0 Å². The average Bonchev–Trinajstić information content (AvgIpc) is 2.58. The van der Waals surface area contributed by atoms with Crippen molar-refractivity contribution < 1.29 is 14.3 Å². The number of carbonyl (C=O) groups is 2. The van der Waals surface area contributed by atoms with Gasteiger partial charge in [-0.3, -0.25) is 20.4 Å². The van der Waals surface area contributed by atoms with Crippen molar-refractivity contribution in [2.45, 2.75) is 0 Å². The van der Waals surface area contributed by atoms with E-state index in [9.17, 15) is 9.59 Å². The Morgan fingerprint density at radius 3 is 2.30 bits per heavy atom. The van der Waals surface area contributed by atoms with Crippen LogP contribution in [0.5, 0.6) is 5.75 Å². The molecule has 0 unspecified atom stereocenters. The molecule has 2 amide bonds. The van der Waals surface area contributed by atoms with Crippen LogP contribution in [0.3, 0.4) is 0 Å². The summed E-state index contributed by atoms with van der Waals surface area (Å²) in [4.78, 5) is 23.9. The fourth-order valence-corrected chi connectivity index (χ4v) is 2.29. The van der Waals surface area contributed by atoms with Crippen molar-refractivity contribution in [3.8, 4) is 5.75 Å². The Morgan fingerprint density at radius 2 is 1.70 bits per heavy atom. The molecule has 2 aromatic carbocycles. The SMILES string of the molecule is C=CCOc1ccc(C(=O)NNC(=O)c2cccc(I)c2)cc1. The number of hydrazine groups is 1. The molecule has 0 radical (unpaired) electrons. The van der Waals surface area contributed by atoms with E-state index in [1.165, 1.54) is 0 Å². The van der Waals surface area contributed by atoms with Crippen LogP contribution in [0.4, 0.5) is 0 Å². The molecular weight excluding hydrogens is 407 g/mol. The summed E-state index contributed by atoms with van der Waals surface area (Å²) in [6.45, 7) is 3.96. The summed E-state index contributed by atoms with van der Waals surface area (Å²) in [5.74, 6) is -0.133. The number of ether oxygens (including phenoxy) is 1. The van der Waals surface area contributed by atoms with E-state index in [-0.39, 0.29) is 5.91 Å². The molecule has 118 valence electrons. The van der Waals surface area contributed by atoms with Crippen LogP contribution in [0.15, 0.2) is 61.2 Å². The smallest absolute Gasteiger partial charge is 0.269 e. The van der Waals surface area contributed by atoms with Crippen molar-refractivity contribution in [1.82, 2.24) is 10.9 Å². The highest BCUT2D eigenvalue weighted by molar-refractivity contribution is 14.1. The van der Waals surface area contributed by atoms with Crippen LogP contribution in [0.25, 0.3) is 0 Å². The third-order valence-electron chi connectivity index (χ3n) is 2.86.